The minimum absolute atomic E-state index is 0.184. The number of anilines is 1. The standard InChI is InChI=1S/C11H19ClN4O2/c1-3-16-11(17)10(12)9(8-15-16)14-5-4-13-6-7-18-2/h8,13-14H,3-7H2,1-2H3. The molecule has 0 amide bonds. The van der Waals surface area contributed by atoms with Crippen LogP contribution in [-0.2, 0) is 11.3 Å². The molecular weight excluding hydrogens is 256 g/mol. The van der Waals surface area contributed by atoms with Gasteiger partial charge in [-0.3, -0.25) is 4.79 Å². The second kappa shape index (κ2) is 8.07. The molecule has 102 valence electrons. The van der Waals surface area contributed by atoms with Crippen LogP contribution in [0, 0.1) is 0 Å². The zero-order valence-electron chi connectivity index (χ0n) is 10.7. The molecule has 0 aliphatic carbocycles. The highest BCUT2D eigenvalue weighted by Gasteiger charge is 2.07. The molecule has 1 rings (SSSR count). The first-order valence-electron chi connectivity index (χ1n) is 5.89. The number of hydrogen-bond donors (Lipinski definition) is 2. The largest absolute Gasteiger partial charge is 0.383 e. The molecule has 0 unspecified atom stereocenters. The van der Waals surface area contributed by atoms with E-state index in [1.54, 1.807) is 13.3 Å². The Morgan fingerprint density at radius 2 is 2.22 bits per heavy atom. The van der Waals surface area contributed by atoms with E-state index in [-0.39, 0.29) is 10.6 Å². The number of ether oxygens (including phenoxy) is 1. The molecular formula is C11H19ClN4O2. The number of rotatable bonds is 8. The average molecular weight is 275 g/mol. The number of aryl methyl sites for hydroxylation is 1. The van der Waals surface area contributed by atoms with E-state index in [9.17, 15) is 4.79 Å². The lowest BCUT2D eigenvalue weighted by Gasteiger charge is -2.09. The highest BCUT2D eigenvalue weighted by molar-refractivity contribution is 6.32. The first-order valence-corrected chi connectivity index (χ1v) is 6.27. The van der Waals surface area contributed by atoms with Gasteiger partial charge in [0.1, 0.15) is 5.02 Å². The molecule has 0 aromatic carbocycles. The highest BCUT2D eigenvalue weighted by Crippen LogP contribution is 2.14. The Bertz CT molecular complexity index is 422. The summed E-state index contributed by atoms with van der Waals surface area (Å²) in [6.45, 7) is 5.25. The number of nitrogens with one attached hydrogen (secondary N) is 2. The van der Waals surface area contributed by atoms with Gasteiger partial charge < -0.3 is 15.4 Å². The molecule has 0 radical (unpaired) electrons. The molecule has 0 fully saturated rings. The molecule has 18 heavy (non-hydrogen) atoms. The van der Waals surface area contributed by atoms with E-state index < -0.39 is 0 Å². The van der Waals surface area contributed by atoms with Crippen LogP contribution in [0.15, 0.2) is 11.0 Å². The van der Waals surface area contributed by atoms with E-state index in [0.29, 0.717) is 25.4 Å². The number of methoxy groups -OCH3 is 1. The van der Waals surface area contributed by atoms with Gasteiger partial charge in [-0.25, -0.2) is 4.68 Å². The van der Waals surface area contributed by atoms with Crippen LogP contribution in [0.4, 0.5) is 5.69 Å². The van der Waals surface area contributed by atoms with Crippen LogP contribution in [0.3, 0.4) is 0 Å². The normalized spacial score (nSPS) is 10.6. The van der Waals surface area contributed by atoms with Crippen LogP contribution in [0.2, 0.25) is 5.02 Å². The molecule has 0 saturated heterocycles. The van der Waals surface area contributed by atoms with Crippen molar-refractivity contribution in [2.45, 2.75) is 13.5 Å². The summed E-state index contributed by atoms with van der Waals surface area (Å²) in [7, 11) is 1.66. The minimum Gasteiger partial charge on any atom is -0.383 e. The molecule has 1 aromatic rings. The van der Waals surface area contributed by atoms with Crippen molar-refractivity contribution in [2.75, 3.05) is 38.7 Å². The van der Waals surface area contributed by atoms with Gasteiger partial charge in [-0.2, -0.15) is 5.10 Å². The van der Waals surface area contributed by atoms with Crippen LogP contribution >= 0.6 is 11.6 Å². The van der Waals surface area contributed by atoms with Gasteiger partial charge >= 0.3 is 0 Å². The fourth-order valence-corrected chi connectivity index (χ4v) is 1.61. The molecule has 0 bridgehead atoms. The third kappa shape index (κ3) is 4.29. The van der Waals surface area contributed by atoms with Crippen molar-refractivity contribution in [2.24, 2.45) is 0 Å². The van der Waals surface area contributed by atoms with Crippen molar-refractivity contribution in [1.29, 1.82) is 0 Å². The number of aromatic nitrogens is 2. The van der Waals surface area contributed by atoms with E-state index in [1.165, 1.54) is 4.68 Å². The fraction of sp³-hybridized carbons (Fsp3) is 0.636. The van der Waals surface area contributed by atoms with Crippen molar-refractivity contribution in [3.63, 3.8) is 0 Å². The van der Waals surface area contributed by atoms with E-state index >= 15 is 0 Å². The maximum atomic E-state index is 11.7. The van der Waals surface area contributed by atoms with Gasteiger partial charge in [-0.05, 0) is 6.92 Å². The summed E-state index contributed by atoms with van der Waals surface area (Å²) in [6.07, 6.45) is 1.57. The second-order valence-electron chi connectivity index (χ2n) is 3.66. The fourth-order valence-electron chi connectivity index (χ4n) is 1.40. The average Bonchev–Trinajstić information content (AvgIpc) is 2.38. The van der Waals surface area contributed by atoms with Gasteiger partial charge in [-0.15, -0.1) is 0 Å². The highest BCUT2D eigenvalue weighted by atomic mass is 35.5. The summed E-state index contributed by atoms with van der Waals surface area (Å²) in [4.78, 5) is 11.7. The Balaban J connectivity index is 2.43. The molecule has 0 aliphatic heterocycles. The molecule has 0 saturated carbocycles. The molecule has 1 heterocycles. The number of hydrogen-bond acceptors (Lipinski definition) is 5. The summed E-state index contributed by atoms with van der Waals surface area (Å²) in [5.41, 5.74) is 0.302. The summed E-state index contributed by atoms with van der Waals surface area (Å²) < 4.78 is 6.23. The van der Waals surface area contributed by atoms with Gasteiger partial charge in [0.15, 0.2) is 0 Å². The van der Waals surface area contributed by atoms with Crippen molar-refractivity contribution in [3.8, 4) is 0 Å². The van der Waals surface area contributed by atoms with Gasteiger partial charge in [-0.1, -0.05) is 11.6 Å². The summed E-state index contributed by atoms with van der Waals surface area (Å²) in [6, 6.07) is 0. The van der Waals surface area contributed by atoms with Crippen LogP contribution in [0.1, 0.15) is 6.92 Å². The third-order valence-electron chi connectivity index (χ3n) is 2.38. The first kappa shape index (κ1) is 14.9. The monoisotopic (exact) mass is 274 g/mol. The van der Waals surface area contributed by atoms with Crippen LogP contribution in [-0.4, -0.2) is 43.1 Å². The number of halogens is 1. The molecule has 6 nitrogen and oxygen atoms in total. The zero-order chi connectivity index (χ0) is 13.4. The van der Waals surface area contributed by atoms with E-state index in [2.05, 4.69) is 15.7 Å². The summed E-state index contributed by atoms with van der Waals surface area (Å²) in [5.74, 6) is 0. The van der Waals surface area contributed by atoms with Gasteiger partial charge in [0.25, 0.3) is 5.56 Å². The molecule has 7 heteroatoms. The Labute approximate surface area is 111 Å². The second-order valence-corrected chi connectivity index (χ2v) is 4.04. The van der Waals surface area contributed by atoms with Gasteiger partial charge in [0.2, 0.25) is 0 Å². The summed E-state index contributed by atoms with van der Waals surface area (Å²) >= 11 is 5.96. The Kier molecular flexibility index (Phi) is 6.70. The minimum atomic E-state index is -0.267. The van der Waals surface area contributed by atoms with Crippen LogP contribution in [0.5, 0.6) is 0 Å². The Hall–Kier alpha value is -1.11. The Morgan fingerprint density at radius 3 is 2.89 bits per heavy atom. The Morgan fingerprint density at radius 1 is 1.44 bits per heavy atom. The molecule has 0 spiro atoms. The predicted octanol–water partition coefficient (Wildman–Crippen LogP) is 0.564. The van der Waals surface area contributed by atoms with E-state index in [1.807, 2.05) is 6.92 Å². The molecule has 0 atom stereocenters. The number of nitrogens with zero attached hydrogens (tertiary/aromatic N) is 2. The van der Waals surface area contributed by atoms with Crippen LogP contribution < -0.4 is 16.2 Å². The van der Waals surface area contributed by atoms with Crippen LogP contribution in [0.25, 0.3) is 0 Å². The maximum Gasteiger partial charge on any atom is 0.287 e. The van der Waals surface area contributed by atoms with Crippen molar-refractivity contribution >= 4 is 17.3 Å². The lowest BCUT2D eigenvalue weighted by Crippen LogP contribution is -2.27. The molecule has 2 N–H and O–H groups in total. The third-order valence-corrected chi connectivity index (χ3v) is 2.75. The predicted molar refractivity (Wildman–Crippen MR) is 72.4 cm³/mol. The van der Waals surface area contributed by atoms with Gasteiger partial charge in [0, 0.05) is 33.3 Å². The summed E-state index contributed by atoms with van der Waals surface area (Å²) in [5, 5.41) is 10.4. The maximum absolute atomic E-state index is 11.7. The van der Waals surface area contributed by atoms with Crippen molar-refractivity contribution in [1.82, 2.24) is 15.1 Å². The van der Waals surface area contributed by atoms with Crippen molar-refractivity contribution in [3.05, 3.63) is 21.6 Å². The van der Waals surface area contributed by atoms with E-state index in [0.717, 1.165) is 13.1 Å². The van der Waals surface area contributed by atoms with Gasteiger partial charge in [0.05, 0.1) is 18.5 Å². The SMILES string of the molecule is CCn1ncc(NCCNCCOC)c(Cl)c1=O. The topological polar surface area (TPSA) is 68.2 Å². The molecule has 1 aromatic heterocycles. The lowest BCUT2D eigenvalue weighted by molar-refractivity contribution is 0.200. The molecule has 0 aliphatic rings. The zero-order valence-corrected chi connectivity index (χ0v) is 11.5. The smallest absolute Gasteiger partial charge is 0.287 e. The van der Waals surface area contributed by atoms with E-state index in [4.69, 9.17) is 16.3 Å². The first-order chi connectivity index (χ1) is 8.70. The lowest BCUT2D eigenvalue weighted by atomic mass is 10.4. The quantitative estimate of drug-likeness (QED) is 0.678. The van der Waals surface area contributed by atoms with Crippen molar-refractivity contribution < 1.29 is 4.74 Å².